The van der Waals surface area contributed by atoms with Gasteiger partial charge in [-0.25, -0.2) is 13.2 Å². The fourth-order valence-electron chi connectivity index (χ4n) is 3.59. The van der Waals surface area contributed by atoms with Crippen molar-refractivity contribution in [2.45, 2.75) is 51.2 Å². The molecular formula is C25H24F8O4. The molecule has 1 aliphatic heterocycles. The molecule has 2 aromatic carbocycles. The van der Waals surface area contributed by atoms with Gasteiger partial charge in [0.15, 0.2) is 23.7 Å². The summed E-state index contributed by atoms with van der Waals surface area (Å²) in [6.45, 7) is 2.84. The molecule has 204 valence electrons. The molecule has 1 saturated heterocycles. The van der Waals surface area contributed by atoms with E-state index >= 15 is 0 Å². The van der Waals surface area contributed by atoms with Gasteiger partial charge in [-0.05, 0) is 18.6 Å². The second-order valence-electron chi connectivity index (χ2n) is 8.40. The van der Waals surface area contributed by atoms with Crippen LogP contribution in [-0.4, -0.2) is 19.4 Å². The highest BCUT2D eigenvalue weighted by Crippen LogP contribution is 2.37. The van der Waals surface area contributed by atoms with Gasteiger partial charge in [-0.2, -0.15) is 22.0 Å². The van der Waals surface area contributed by atoms with Crippen molar-refractivity contribution in [3.63, 3.8) is 0 Å². The summed E-state index contributed by atoms with van der Waals surface area (Å²) in [5, 5.41) is 0. The fraction of sp³-hybridized carbons (Fsp3) is 0.440. The Labute approximate surface area is 207 Å². The van der Waals surface area contributed by atoms with Crippen LogP contribution < -0.4 is 9.47 Å². The topological polar surface area (TPSA) is 36.9 Å². The van der Waals surface area contributed by atoms with Gasteiger partial charge in [-0.1, -0.05) is 32.3 Å². The number of hydrogen-bond donors (Lipinski definition) is 0. The van der Waals surface area contributed by atoms with Gasteiger partial charge in [-0.15, -0.1) is 0 Å². The zero-order valence-electron chi connectivity index (χ0n) is 19.6. The van der Waals surface area contributed by atoms with Crippen LogP contribution in [0.25, 0.3) is 0 Å². The van der Waals surface area contributed by atoms with Gasteiger partial charge in [0, 0.05) is 23.6 Å². The molecule has 1 heterocycles. The van der Waals surface area contributed by atoms with E-state index in [1.807, 2.05) is 0 Å². The fourth-order valence-corrected chi connectivity index (χ4v) is 3.59. The first-order chi connectivity index (χ1) is 17.4. The van der Waals surface area contributed by atoms with Crippen LogP contribution >= 0.6 is 0 Å². The van der Waals surface area contributed by atoms with Crippen molar-refractivity contribution in [3.05, 3.63) is 71.2 Å². The minimum absolute atomic E-state index is 0.0140. The predicted octanol–water partition coefficient (Wildman–Crippen LogP) is 7.93. The lowest BCUT2D eigenvalue weighted by Crippen LogP contribution is -2.28. The van der Waals surface area contributed by atoms with Crippen molar-refractivity contribution in [2.24, 2.45) is 5.92 Å². The molecule has 0 saturated carbocycles. The normalized spacial score (nSPS) is 18.8. The van der Waals surface area contributed by atoms with Crippen molar-refractivity contribution in [1.82, 2.24) is 0 Å². The van der Waals surface area contributed by atoms with E-state index in [4.69, 9.17) is 9.47 Å². The quantitative estimate of drug-likeness (QED) is 0.174. The lowest BCUT2D eigenvalue weighted by molar-refractivity contribution is -0.206. The summed E-state index contributed by atoms with van der Waals surface area (Å²) in [6, 6.07) is 3.21. The molecule has 2 aromatic rings. The summed E-state index contributed by atoms with van der Waals surface area (Å²) in [6.07, 6.45) is -6.45. The summed E-state index contributed by atoms with van der Waals surface area (Å²) < 4.78 is 128. The molecule has 0 N–H and O–H groups in total. The summed E-state index contributed by atoms with van der Waals surface area (Å²) in [7, 11) is 0. The number of hydrogen-bond acceptors (Lipinski definition) is 4. The number of allylic oxidation sites excluding steroid dienone is 1. The lowest BCUT2D eigenvalue weighted by atomic mass is 10.0. The predicted molar refractivity (Wildman–Crippen MR) is 115 cm³/mol. The van der Waals surface area contributed by atoms with Crippen LogP contribution in [0.4, 0.5) is 35.1 Å². The highest BCUT2D eigenvalue weighted by Gasteiger charge is 2.39. The number of rotatable bonds is 10. The summed E-state index contributed by atoms with van der Waals surface area (Å²) in [4.78, 5) is 0. The molecule has 1 fully saturated rings. The Morgan fingerprint density at radius 3 is 2.14 bits per heavy atom. The summed E-state index contributed by atoms with van der Waals surface area (Å²) in [5.74, 6) is -6.75. The number of alkyl halides is 5. The third kappa shape index (κ3) is 8.06. The first kappa shape index (κ1) is 28.7. The average Bonchev–Trinajstić information content (AvgIpc) is 2.80. The molecule has 0 unspecified atom stereocenters. The van der Waals surface area contributed by atoms with Crippen LogP contribution in [0.3, 0.4) is 0 Å². The van der Waals surface area contributed by atoms with E-state index in [0.29, 0.717) is 13.2 Å². The molecule has 0 bridgehead atoms. The maximum absolute atomic E-state index is 14.6. The van der Waals surface area contributed by atoms with E-state index < -0.39 is 59.2 Å². The van der Waals surface area contributed by atoms with Crippen molar-refractivity contribution in [3.8, 4) is 11.5 Å². The molecule has 0 radical (unpaired) electrons. The van der Waals surface area contributed by atoms with Crippen molar-refractivity contribution in [1.29, 1.82) is 0 Å². The Kier molecular flexibility index (Phi) is 9.41. The van der Waals surface area contributed by atoms with Crippen LogP contribution in [0.15, 0.2) is 42.7 Å². The van der Waals surface area contributed by atoms with Crippen molar-refractivity contribution < 1.29 is 54.1 Å². The molecule has 1 aliphatic rings. The van der Waals surface area contributed by atoms with E-state index in [9.17, 15) is 35.1 Å². The van der Waals surface area contributed by atoms with Crippen molar-refractivity contribution in [2.75, 3.05) is 13.2 Å². The number of halogens is 8. The third-order valence-electron chi connectivity index (χ3n) is 5.42. The standard InChI is InChI=1S/C25H24F8O4/c1-2-3-4-5-15-13-35-23(36-14-15)16-6-7-18(19(26)10-16)25(32,33)37-17-11-20(27)22(21(28)12-17)34-9-8-24(29,30)31/h6-12,15,23H,2-5,13-14H2,1H3/b9-8+. The Bertz CT molecular complexity index is 1060. The molecule has 0 aromatic heterocycles. The summed E-state index contributed by atoms with van der Waals surface area (Å²) in [5.41, 5.74) is -1.06. The number of benzene rings is 2. The maximum atomic E-state index is 14.6. The average molecular weight is 540 g/mol. The van der Waals surface area contributed by atoms with Gasteiger partial charge in [0.25, 0.3) is 0 Å². The van der Waals surface area contributed by atoms with Crippen molar-refractivity contribution >= 4 is 0 Å². The highest BCUT2D eigenvalue weighted by atomic mass is 19.4. The maximum Gasteiger partial charge on any atom is 0.429 e. The molecular weight excluding hydrogens is 516 g/mol. The second kappa shape index (κ2) is 12.1. The lowest BCUT2D eigenvalue weighted by Gasteiger charge is -2.30. The molecule has 3 rings (SSSR count). The van der Waals surface area contributed by atoms with E-state index in [2.05, 4.69) is 16.4 Å². The SMILES string of the molecule is CCCCCC1COC(c2ccc(C(F)(F)Oc3cc(F)c(O/C=C/C(F)(F)F)c(F)c3)c(F)c2)OC1. The van der Waals surface area contributed by atoms with Crippen LogP contribution in [-0.2, 0) is 15.6 Å². The minimum atomic E-state index is -4.80. The van der Waals surface area contributed by atoms with E-state index in [1.54, 1.807) is 0 Å². The Hall–Kier alpha value is -2.86. The zero-order valence-corrected chi connectivity index (χ0v) is 19.6. The molecule has 4 nitrogen and oxygen atoms in total. The number of unbranched alkanes of at least 4 members (excludes halogenated alkanes) is 2. The van der Waals surface area contributed by atoms with E-state index in [1.165, 1.54) is 0 Å². The van der Waals surface area contributed by atoms with Gasteiger partial charge in [0.05, 0.1) is 31.1 Å². The molecule has 0 atom stereocenters. The van der Waals surface area contributed by atoms with Gasteiger partial charge in [0.1, 0.15) is 11.6 Å². The largest absolute Gasteiger partial charge is 0.459 e. The van der Waals surface area contributed by atoms with Crippen LogP contribution in [0.2, 0.25) is 0 Å². The van der Waals surface area contributed by atoms with Gasteiger partial charge in [-0.3, -0.25) is 0 Å². The van der Waals surface area contributed by atoms with Gasteiger partial charge < -0.3 is 18.9 Å². The smallest absolute Gasteiger partial charge is 0.429 e. The Morgan fingerprint density at radius 2 is 1.57 bits per heavy atom. The van der Waals surface area contributed by atoms with Gasteiger partial charge >= 0.3 is 12.3 Å². The Balaban J connectivity index is 1.67. The van der Waals surface area contributed by atoms with Crippen LogP contribution in [0.1, 0.15) is 50.0 Å². The number of ether oxygens (including phenoxy) is 4. The second-order valence-corrected chi connectivity index (χ2v) is 8.40. The van der Waals surface area contributed by atoms with Crippen LogP contribution in [0, 0.1) is 23.4 Å². The van der Waals surface area contributed by atoms with E-state index in [0.717, 1.165) is 43.9 Å². The molecule has 12 heteroatoms. The Morgan fingerprint density at radius 1 is 0.919 bits per heavy atom. The molecule has 0 spiro atoms. The first-order valence-electron chi connectivity index (χ1n) is 11.4. The zero-order chi connectivity index (χ0) is 27.2. The minimum Gasteiger partial charge on any atom is -0.459 e. The third-order valence-corrected chi connectivity index (χ3v) is 5.42. The van der Waals surface area contributed by atoms with E-state index in [-0.39, 0.29) is 29.9 Å². The van der Waals surface area contributed by atoms with Crippen LogP contribution in [0.5, 0.6) is 11.5 Å². The first-order valence-corrected chi connectivity index (χ1v) is 11.4. The monoisotopic (exact) mass is 540 g/mol. The molecule has 0 aliphatic carbocycles. The molecule has 0 amide bonds. The van der Waals surface area contributed by atoms with Gasteiger partial charge in [0.2, 0.25) is 0 Å². The molecule has 37 heavy (non-hydrogen) atoms. The summed E-state index contributed by atoms with van der Waals surface area (Å²) >= 11 is 0. The highest BCUT2D eigenvalue weighted by molar-refractivity contribution is 5.36.